The Balaban J connectivity index is 1.77. The van der Waals surface area contributed by atoms with Gasteiger partial charge in [-0.25, -0.2) is 4.98 Å². The fourth-order valence-corrected chi connectivity index (χ4v) is 2.68. The van der Waals surface area contributed by atoms with Crippen LogP contribution in [0.2, 0.25) is 0 Å². The smallest absolute Gasteiger partial charge is 0.273 e. The molecule has 23 heavy (non-hydrogen) atoms. The van der Waals surface area contributed by atoms with Crippen molar-refractivity contribution in [1.29, 1.82) is 0 Å². The Labute approximate surface area is 137 Å². The molecule has 7 heteroatoms. The number of hydrogen-bond acceptors (Lipinski definition) is 6. The standard InChI is InChI=1S/C16H13N5OS/c17-14-12(15-20-21-16(23)22-15)6-11(8-19-14)10-5-9-3-1-2-4-13(9)18-7-10/h1-8,15,20H,(H2,17,19)(H,21,23). The van der Waals surface area contributed by atoms with E-state index in [-0.39, 0.29) is 5.17 Å². The molecule has 114 valence electrons. The van der Waals surface area contributed by atoms with Gasteiger partial charge in [0.05, 0.1) is 11.1 Å². The van der Waals surface area contributed by atoms with Crippen LogP contribution in [0, 0.1) is 0 Å². The predicted octanol–water partition coefficient (Wildman–Crippen LogP) is 2.29. The van der Waals surface area contributed by atoms with Gasteiger partial charge in [0.1, 0.15) is 5.82 Å². The van der Waals surface area contributed by atoms with Crippen molar-refractivity contribution in [2.24, 2.45) is 0 Å². The number of thiocarbonyl (C=S) groups is 1. The maximum atomic E-state index is 5.97. The van der Waals surface area contributed by atoms with Gasteiger partial charge in [-0.3, -0.25) is 10.4 Å². The summed E-state index contributed by atoms with van der Waals surface area (Å²) in [7, 11) is 0. The first kappa shape index (κ1) is 13.9. The number of para-hydroxylation sites is 1. The molecule has 1 unspecified atom stereocenters. The number of nitrogens with zero attached hydrogens (tertiary/aromatic N) is 2. The second-order valence-electron chi connectivity index (χ2n) is 5.17. The first-order valence-electron chi connectivity index (χ1n) is 7.03. The quantitative estimate of drug-likeness (QED) is 0.624. The van der Waals surface area contributed by atoms with Crippen LogP contribution in [0.1, 0.15) is 11.8 Å². The Bertz CT molecular complexity index is 914. The van der Waals surface area contributed by atoms with Crippen LogP contribution in [-0.4, -0.2) is 15.1 Å². The second kappa shape index (κ2) is 5.45. The molecule has 0 bridgehead atoms. The van der Waals surface area contributed by atoms with E-state index < -0.39 is 6.23 Å². The van der Waals surface area contributed by atoms with Gasteiger partial charge in [0.15, 0.2) is 6.23 Å². The lowest BCUT2D eigenvalue weighted by atomic mass is 10.0. The van der Waals surface area contributed by atoms with E-state index in [1.54, 1.807) is 6.20 Å². The minimum absolute atomic E-state index is 0.284. The monoisotopic (exact) mass is 323 g/mol. The predicted molar refractivity (Wildman–Crippen MR) is 92.1 cm³/mol. The van der Waals surface area contributed by atoms with Crippen molar-refractivity contribution in [3.8, 4) is 11.1 Å². The van der Waals surface area contributed by atoms with E-state index in [1.807, 2.05) is 36.5 Å². The fourth-order valence-electron chi connectivity index (χ4n) is 2.52. The van der Waals surface area contributed by atoms with E-state index in [4.69, 9.17) is 22.7 Å². The molecule has 6 nitrogen and oxygen atoms in total. The van der Waals surface area contributed by atoms with Gasteiger partial charge in [0.2, 0.25) is 0 Å². The molecule has 1 atom stereocenters. The van der Waals surface area contributed by atoms with E-state index in [0.29, 0.717) is 5.82 Å². The summed E-state index contributed by atoms with van der Waals surface area (Å²) >= 11 is 4.95. The molecule has 0 aliphatic carbocycles. The molecule has 4 N–H and O–H groups in total. The number of fused-ring (bicyclic) bond motifs is 1. The summed E-state index contributed by atoms with van der Waals surface area (Å²) in [4.78, 5) is 8.74. The Morgan fingerprint density at radius 1 is 1.09 bits per heavy atom. The minimum Gasteiger partial charge on any atom is -0.445 e. The zero-order chi connectivity index (χ0) is 15.8. The van der Waals surface area contributed by atoms with Gasteiger partial charge >= 0.3 is 0 Å². The number of hydrogen-bond donors (Lipinski definition) is 3. The van der Waals surface area contributed by atoms with Crippen LogP contribution in [0.25, 0.3) is 22.0 Å². The van der Waals surface area contributed by atoms with Gasteiger partial charge in [-0.05, 0) is 30.4 Å². The Morgan fingerprint density at radius 3 is 2.70 bits per heavy atom. The summed E-state index contributed by atoms with van der Waals surface area (Å²) in [5.74, 6) is 0.395. The van der Waals surface area contributed by atoms with Crippen LogP contribution >= 0.6 is 12.2 Å². The maximum absolute atomic E-state index is 5.97. The highest BCUT2D eigenvalue weighted by atomic mass is 32.1. The third-order valence-electron chi connectivity index (χ3n) is 3.69. The average Bonchev–Trinajstić information content (AvgIpc) is 3.01. The van der Waals surface area contributed by atoms with E-state index >= 15 is 0 Å². The third kappa shape index (κ3) is 2.56. The third-order valence-corrected chi connectivity index (χ3v) is 3.88. The van der Waals surface area contributed by atoms with Crippen molar-refractivity contribution in [3.63, 3.8) is 0 Å². The highest BCUT2D eigenvalue weighted by molar-refractivity contribution is 7.80. The second-order valence-corrected chi connectivity index (χ2v) is 5.54. The highest BCUT2D eigenvalue weighted by Gasteiger charge is 2.24. The van der Waals surface area contributed by atoms with Crippen LogP contribution in [0.4, 0.5) is 5.82 Å². The molecule has 2 aromatic heterocycles. The Hall–Kier alpha value is -2.77. The number of hydrazine groups is 1. The minimum atomic E-state index is -0.455. The van der Waals surface area contributed by atoms with Gasteiger partial charge in [-0.1, -0.05) is 18.2 Å². The number of aromatic nitrogens is 2. The molecule has 1 aliphatic heterocycles. The summed E-state index contributed by atoms with van der Waals surface area (Å²) < 4.78 is 5.46. The SMILES string of the molecule is Nc1ncc(-c2cnc3ccccc3c2)cc1C1NNC(=S)O1. The molecule has 1 aliphatic rings. The number of anilines is 1. The van der Waals surface area contributed by atoms with Gasteiger partial charge in [-0.2, -0.15) is 5.43 Å². The fraction of sp³-hybridized carbons (Fsp3) is 0.0625. The number of benzene rings is 1. The van der Waals surface area contributed by atoms with Crippen LogP contribution in [0.15, 0.2) is 48.8 Å². The van der Waals surface area contributed by atoms with Crippen molar-refractivity contribution in [3.05, 3.63) is 54.4 Å². The lowest BCUT2D eigenvalue weighted by Crippen LogP contribution is -2.27. The zero-order valence-electron chi connectivity index (χ0n) is 12.0. The number of nitrogen functional groups attached to an aromatic ring is 1. The summed E-state index contributed by atoms with van der Waals surface area (Å²) in [5, 5.41) is 1.36. The zero-order valence-corrected chi connectivity index (χ0v) is 12.8. The molecule has 4 rings (SSSR count). The maximum Gasteiger partial charge on any atom is 0.273 e. The van der Waals surface area contributed by atoms with Gasteiger partial charge in [0.25, 0.3) is 5.17 Å². The first-order chi connectivity index (χ1) is 11.2. The average molecular weight is 323 g/mol. The molecule has 0 amide bonds. The van der Waals surface area contributed by atoms with E-state index in [2.05, 4.69) is 26.9 Å². The molecule has 0 radical (unpaired) electrons. The lowest BCUT2D eigenvalue weighted by Gasteiger charge is -2.13. The van der Waals surface area contributed by atoms with Crippen LogP contribution in [0.3, 0.4) is 0 Å². The molecule has 1 saturated heterocycles. The van der Waals surface area contributed by atoms with E-state index in [0.717, 1.165) is 27.6 Å². The molecule has 0 saturated carbocycles. The first-order valence-corrected chi connectivity index (χ1v) is 7.44. The molecule has 1 fully saturated rings. The van der Waals surface area contributed by atoms with Crippen LogP contribution in [0.5, 0.6) is 0 Å². The van der Waals surface area contributed by atoms with E-state index in [9.17, 15) is 0 Å². The largest absolute Gasteiger partial charge is 0.445 e. The highest BCUT2D eigenvalue weighted by Crippen LogP contribution is 2.28. The molecule has 0 spiro atoms. The van der Waals surface area contributed by atoms with Gasteiger partial charge in [0, 0.05) is 28.9 Å². The number of rotatable bonds is 2. The number of ether oxygens (including phenoxy) is 1. The molecule has 3 heterocycles. The summed E-state index contributed by atoms with van der Waals surface area (Å²) in [5.41, 5.74) is 15.2. The van der Waals surface area contributed by atoms with Crippen molar-refractivity contribution in [2.45, 2.75) is 6.23 Å². The number of pyridine rings is 2. The summed E-state index contributed by atoms with van der Waals surface area (Å²) in [6, 6.07) is 12.0. The molecular weight excluding hydrogens is 310 g/mol. The van der Waals surface area contributed by atoms with Crippen molar-refractivity contribution < 1.29 is 4.74 Å². The van der Waals surface area contributed by atoms with Crippen molar-refractivity contribution in [2.75, 3.05) is 5.73 Å². The van der Waals surface area contributed by atoms with Crippen molar-refractivity contribution >= 4 is 34.1 Å². The summed E-state index contributed by atoms with van der Waals surface area (Å²) in [6.45, 7) is 0. The van der Waals surface area contributed by atoms with Gasteiger partial charge in [-0.15, -0.1) is 0 Å². The Kier molecular flexibility index (Phi) is 3.29. The molecular formula is C16H13N5OS. The molecule has 1 aromatic carbocycles. The Morgan fingerprint density at radius 2 is 1.87 bits per heavy atom. The lowest BCUT2D eigenvalue weighted by molar-refractivity contribution is 0.204. The van der Waals surface area contributed by atoms with Crippen molar-refractivity contribution in [1.82, 2.24) is 20.8 Å². The molecule has 3 aromatic rings. The number of nitrogens with two attached hydrogens (primary N) is 1. The van der Waals surface area contributed by atoms with Gasteiger partial charge < -0.3 is 10.5 Å². The normalized spacial score (nSPS) is 17.0. The van der Waals surface area contributed by atoms with Crippen LogP contribution < -0.4 is 16.6 Å². The summed E-state index contributed by atoms with van der Waals surface area (Å²) in [6.07, 6.45) is 3.10. The number of nitrogens with one attached hydrogen (secondary N) is 2. The van der Waals surface area contributed by atoms with Crippen LogP contribution in [-0.2, 0) is 4.74 Å². The topological polar surface area (TPSA) is 85.1 Å². The van der Waals surface area contributed by atoms with E-state index in [1.165, 1.54) is 0 Å².